The van der Waals surface area contributed by atoms with Gasteiger partial charge in [-0.05, 0) is 0 Å². The van der Waals surface area contributed by atoms with Crippen molar-refractivity contribution in [3.8, 4) is 0 Å². The van der Waals surface area contributed by atoms with Crippen LogP contribution in [0.15, 0.2) is 58.0 Å². The van der Waals surface area contributed by atoms with Crippen LogP contribution in [0.4, 0.5) is 5.69 Å². The predicted octanol–water partition coefficient (Wildman–Crippen LogP) is 2.85. The summed E-state index contributed by atoms with van der Waals surface area (Å²) in [4.78, 5) is 7.34. The number of aliphatic imine (C=N–C) groups is 1. The van der Waals surface area contributed by atoms with E-state index in [4.69, 9.17) is 9.73 Å². The summed E-state index contributed by atoms with van der Waals surface area (Å²) in [5, 5.41) is 0. The molecule has 1 fully saturated rings. The van der Waals surface area contributed by atoms with Gasteiger partial charge in [0.2, 0.25) is 0 Å². The summed E-state index contributed by atoms with van der Waals surface area (Å²) in [7, 11) is 0. The molecule has 0 aromatic heterocycles. The molecule has 2 aromatic carbocycles. The fraction of sp³-hybridized carbons (Fsp3) is 0.235. The Bertz CT molecular complexity index is 720. The molecule has 2 radical (unpaired) electrons. The fourth-order valence-electron chi connectivity index (χ4n) is 2.83. The number of ether oxygens (including phenoxy) is 1. The van der Waals surface area contributed by atoms with Gasteiger partial charge in [-0.15, -0.1) is 0 Å². The molecule has 0 N–H and O–H groups in total. The SMILES string of the molecule is Brc1cc[c]2c(c1)N=[C](N1CCOC(c3ccccc3)C1)[Sn]2. The summed E-state index contributed by atoms with van der Waals surface area (Å²) in [6, 6.07) is 17.0. The van der Waals surface area contributed by atoms with Crippen LogP contribution in [-0.4, -0.2) is 49.6 Å². The number of rotatable bonds is 1. The van der Waals surface area contributed by atoms with E-state index in [0.29, 0.717) is 0 Å². The molecular formula is C17H15BrN2OSn. The van der Waals surface area contributed by atoms with E-state index in [2.05, 4.69) is 63.3 Å². The minimum absolute atomic E-state index is 0.160. The van der Waals surface area contributed by atoms with E-state index in [-0.39, 0.29) is 6.10 Å². The number of nitrogens with zero attached hydrogens (tertiary/aromatic N) is 2. The first kappa shape index (κ1) is 14.7. The molecule has 0 amide bonds. The van der Waals surface area contributed by atoms with Gasteiger partial charge in [0.25, 0.3) is 0 Å². The van der Waals surface area contributed by atoms with E-state index in [1.165, 1.54) is 18.7 Å². The Hall–Kier alpha value is -0.851. The summed E-state index contributed by atoms with van der Waals surface area (Å²) < 4.78 is 9.89. The summed E-state index contributed by atoms with van der Waals surface area (Å²) in [5.74, 6) is 0. The Labute approximate surface area is 148 Å². The normalized spacial score (nSPS) is 20.7. The number of amidine groups is 1. The first-order valence-corrected chi connectivity index (χ1v) is 11.0. The van der Waals surface area contributed by atoms with Gasteiger partial charge in [0.05, 0.1) is 0 Å². The quantitative estimate of drug-likeness (QED) is 0.610. The topological polar surface area (TPSA) is 24.8 Å². The number of halogens is 1. The molecule has 3 nitrogen and oxygen atoms in total. The van der Waals surface area contributed by atoms with Gasteiger partial charge in [0.1, 0.15) is 0 Å². The molecule has 1 unspecified atom stereocenters. The molecule has 0 bridgehead atoms. The van der Waals surface area contributed by atoms with Gasteiger partial charge < -0.3 is 0 Å². The molecule has 5 heteroatoms. The third kappa shape index (κ3) is 2.96. The van der Waals surface area contributed by atoms with Gasteiger partial charge in [-0.25, -0.2) is 0 Å². The summed E-state index contributed by atoms with van der Waals surface area (Å²) in [6.45, 7) is 2.65. The third-order valence-electron chi connectivity index (χ3n) is 3.97. The summed E-state index contributed by atoms with van der Waals surface area (Å²) in [6.07, 6.45) is 0.160. The standard InChI is InChI=1S/C17H15BrN2O.Sn/c18-15-7-4-8-16(11-15)19-13-20-9-10-21-17(12-20)14-5-2-1-3-6-14;/h1-7,11,17H,9-10,12H2;. The maximum absolute atomic E-state index is 5.96. The molecule has 22 heavy (non-hydrogen) atoms. The molecule has 4 rings (SSSR count). The van der Waals surface area contributed by atoms with Crippen molar-refractivity contribution < 1.29 is 4.74 Å². The van der Waals surface area contributed by atoms with Crippen molar-refractivity contribution in [3.63, 3.8) is 0 Å². The maximum atomic E-state index is 5.96. The second kappa shape index (κ2) is 6.34. The zero-order valence-electron chi connectivity index (χ0n) is 12.0. The van der Waals surface area contributed by atoms with E-state index in [1.807, 2.05) is 6.07 Å². The molecule has 2 aromatic rings. The zero-order valence-corrected chi connectivity index (χ0v) is 16.4. The van der Waals surface area contributed by atoms with Gasteiger partial charge in [-0.3, -0.25) is 0 Å². The molecule has 0 saturated carbocycles. The molecule has 1 atom stereocenters. The summed E-state index contributed by atoms with van der Waals surface area (Å²) >= 11 is 2.77. The van der Waals surface area contributed by atoms with Crippen LogP contribution in [-0.2, 0) is 4.74 Å². The van der Waals surface area contributed by atoms with Gasteiger partial charge in [-0.1, -0.05) is 0 Å². The molecule has 110 valence electrons. The number of morpholine rings is 1. The van der Waals surface area contributed by atoms with Crippen LogP contribution in [0.1, 0.15) is 11.7 Å². The fourth-order valence-corrected chi connectivity index (χ4v) is 6.60. The second-order valence-electron chi connectivity index (χ2n) is 5.44. The minimum atomic E-state index is -0.767. The average molecular weight is 462 g/mol. The van der Waals surface area contributed by atoms with Gasteiger partial charge in [-0.2, -0.15) is 0 Å². The van der Waals surface area contributed by atoms with E-state index < -0.39 is 21.1 Å². The average Bonchev–Trinajstić information content (AvgIpc) is 2.99. The monoisotopic (exact) mass is 462 g/mol. The number of hydrogen-bond donors (Lipinski definition) is 0. The molecule has 2 heterocycles. The predicted molar refractivity (Wildman–Crippen MR) is 93.3 cm³/mol. The number of benzene rings is 2. The van der Waals surface area contributed by atoms with Crippen LogP contribution in [0.25, 0.3) is 0 Å². The van der Waals surface area contributed by atoms with Crippen molar-refractivity contribution in [2.24, 2.45) is 4.99 Å². The molecule has 0 aliphatic carbocycles. The molecule has 2 aliphatic heterocycles. The first-order valence-electron chi connectivity index (χ1n) is 7.36. The van der Waals surface area contributed by atoms with Crippen molar-refractivity contribution in [2.75, 3.05) is 19.7 Å². The van der Waals surface area contributed by atoms with Crippen LogP contribution in [0.3, 0.4) is 0 Å². The number of fused-ring (bicyclic) bond motifs is 1. The Morgan fingerprint density at radius 3 is 2.91 bits per heavy atom. The Morgan fingerprint density at radius 2 is 2.05 bits per heavy atom. The van der Waals surface area contributed by atoms with Crippen LogP contribution in [0, 0.1) is 0 Å². The molecule has 2 aliphatic rings. The second-order valence-corrected chi connectivity index (χ2v) is 9.88. The van der Waals surface area contributed by atoms with E-state index in [1.54, 1.807) is 0 Å². The molecule has 1 saturated heterocycles. The van der Waals surface area contributed by atoms with Crippen molar-refractivity contribution >= 4 is 50.2 Å². The molecular weight excluding hydrogens is 447 g/mol. The van der Waals surface area contributed by atoms with Crippen LogP contribution in [0.2, 0.25) is 0 Å². The number of hydrogen-bond acceptors (Lipinski definition) is 3. The van der Waals surface area contributed by atoms with Crippen LogP contribution >= 0.6 is 15.9 Å². The van der Waals surface area contributed by atoms with Crippen molar-refractivity contribution in [3.05, 3.63) is 58.6 Å². The molecule has 0 spiro atoms. The van der Waals surface area contributed by atoms with Crippen molar-refractivity contribution in [2.45, 2.75) is 6.10 Å². The van der Waals surface area contributed by atoms with E-state index in [9.17, 15) is 0 Å². The van der Waals surface area contributed by atoms with Gasteiger partial charge >= 0.3 is 149 Å². The van der Waals surface area contributed by atoms with E-state index >= 15 is 0 Å². The first-order chi connectivity index (χ1) is 10.8. The van der Waals surface area contributed by atoms with E-state index in [0.717, 1.165) is 24.2 Å². The van der Waals surface area contributed by atoms with Crippen LogP contribution < -0.4 is 3.58 Å². The van der Waals surface area contributed by atoms with Crippen molar-refractivity contribution in [1.82, 2.24) is 4.90 Å². The Balaban J connectivity index is 1.53. The third-order valence-corrected chi connectivity index (χ3v) is 8.30. The van der Waals surface area contributed by atoms with Crippen molar-refractivity contribution in [1.29, 1.82) is 0 Å². The van der Waals surface area contributed by atoms with Gasteiger partial charge in [0, 0.05) is 0 Å². The Morgan fingerprint density at radius 1 is 1.18 bits per heavy atom. The van der Waals surface area contributed by atoms with Crippen LogP contribution in [0.5, 0.6) is 0 Å². The summed E-state index contributed by atoms with van der Waals surface area (Å²) in [5.41, 5.74) is 2.43. The van der Waals surface area contributed by atoms with Gasteiger partial charge in [0.15, 0.2) is 0 Å². The Kier molecular flexibility index (Phi) is 4.24. The zero-order chi connectivity index (χ0) is 14.9.